The van der Waals surface area contributed by atoms with Gasteiger partial charge in [-0.2, -0.15) is 4.31 Å². The van der Waals surface area contributed by atoms with Crippen LogP contribution in [0, 0.1) is 0 Å². The van der Waals surface area contributed by atoms with Crippen molar-refractivity contribution in [3.8, 4) is 0 Å². The number of nitrogens with zero attached hydrogens (tertiary/aromatic N) is 2. The Balaban J connectivity index is 1.58. The molecule has 38 heavy (non-hydrogen) atoms. The lowest BCUT2D eigenvalue weighted by Crippen LogP contribution is -2.46. The van der Waals surface area contributed by atoms with E-state index in [1.165, 1.54) is 4.31 Å². The molecular formula is C31H30N2O4S. The first-order valence-corrected chi connectivity index (χ1v) is 14.2. The first kappa shape index (κ1) is 25.8. The highest BCUT2D eigenvalue weighted by Gasteiger charge is 2.49. The summed E-state index contributed by atoms with van der Waals surface area (Å²) in [5.74, 6) is -0.660. The van der Waals surface area contributed by atoms with Gasteiger partial charge in [-0.05, 0) is 59.0 Å². The number of carbonyl (C=O) groups excluding carboxylic acids is 2. The summed E-state index contributed by atoms with van der Waals surface area (Å²) < 4.78 is 29.7. The highest BCUT2D eigenvalue weighted by molar-refractivity contribution is 7.89. The highest BCUT2D eigenvalue weighted by Crippen LogP contribution is 2.36. The number of fused-ring (bicyclic) bond motifs is 1. The van der Waals surface area contributed by atoms with Gasteiger partial charge in [0.1, 0.15) is 6.04 Å². The molecule has 0 aliphatic carbocycles. The molecular weight excluding hydrogens is 496 g/mol. The molecule has 1 heterocycles. The third-order valence-corrected chi connectivity index (χ3v) is 9.18. The van der Waals surface area contributed by atoms with Crippen molar-refractivity contribution in [1.29, 1.82) is 0 Å². The number of carbonyl (C=O) groups is 2. The van der Waals surface area contributed by atoms with Crippen LogP contribution in [0.1, 0.15) is 50.3 Å². The van der Waals surface area contributed by atoms with Gasteiger partial charge in [0.15, 0.2) is 0 Å². The smallest absolute Gasteiger partial charge is 0.252 e. The molecule has 0 saturated carbocycles. The molecule has 1 aliphatic rings. The maximum Gasteiger partial charge on any atom is 0.252 e. The number of rotatable bonds is 7. The zero-order valence-corrected chi connectivity index (χ0v) is 22.4. The average molecular weight is 527 g/mol. The van der Waals surface area contributed by atoms with Crippen LogP contribution < -0.4 is 4.90 Å². The molecule has 1 aliphatic heterocycles. The van der Waals surface area contributed by atoms with Crippen molar-refractivity contribution in [3.63, 3.8) is 0 Å². The number of anilines is 1. The maximum absolute atomic E-state index is 14.2. The first-order chi connectivity index (χ1) is 18.2. The summed E-state index contributed by atoms with van der Waals surface area (Å²) in [6.45, 7) is 5.89. The summed E-state index contributed by atoms with van der Waals surface area (Å²) in [7, 11) is -4.17. The minimum atomic E-state index is -4.17. The van der Waals surface area contributed by atoms with Crippen LogP contribution in [0.3, 0.4) is 0 Å². The summed E-state index contributed by atoms with van der Waals surface area (Å²) in [6, 6.07) is 27.1. The lowest BCUT2D eigenvalue weighted by molar-refractivity contribution is -0.122. The Morgan fingerprint density at radius 3 is 2.05 bits per heavy atom. The van der Waals surface area contributed by atoms with Crippen molar-refractivity contribution in [2.75, 3.05) is 4.90 Å². The van der Waals surface area contributed by atoms with Crippen LogP contribution in [-0.4, -0.2) is 30.6 Å². The van der Waals surface area contributed by atoms with E-state index in [-0.39, 0.29) is 11.3 Å². The van der Waals surface area contributed by atoms with Crippen molar-refractivity contribution in [2.24, 2.45) is 0 Å². The van der Waals surface area contributed by atoms with Crippen molar-refractivity contribution < 1.29 is 18.0 Å². The van der Waals surface area contributed by atoms with E-state index in [1.54, 1.807) is 37.3 Å². The maximum atomic E-state index is 14.2. The van der Waals surface area contributed by atoms with Gasteiger partial charge in [0.2, 0.25) is 15.9 Å². The lowest BCUT2D eigenvalue weighted by Gasteiger charge is -2.32. The van der Waals surface area contributed by atoms with Crippen LogP contribution in [0.15, 0.2) is 102 Å². The van der Waals surface area contributed by atoms with E-state index < -0.39 is 33.9 Å². The minimum Gasteiger partial charge on any atom is -0.274 e. The molecule has 2 amide bonds. The molecule has 0 aromatic heterocycles. The molecule has 2 unspecified atom stereocenters. The van der Waals surface area contributed by atoms with E-state index in [1.807, 2.05) is 66.7 Å². The summed E-state index contributed by atoms with van der Waals surface area (Å²) in [6.07, 6.45) is -0.227. The standard InChI is InChI=1S/C31H30N2O4S/c1-21(2)23-13-16-27(17-14-23)32-30(34)20-29(31(32)35)33(22(3)24-9-5-4-6-10-24)38(36,37)28-18-15-25-11-7-8-12-26(25)19-28/h4-19,21-22,29H,20H2,1-3H3. The zero-order valence-electron chi connectivity index (χ0n) is 21.6. The topological polar surface area (TPSA) is 74.8 Å². The molecule has 6 nitrogen and oxygen atoms in total. The Hall–Kier alpha value is -3.81. The molecule has 0 radical (unpaired) electrons. The second-order valence-electron chi connectivity index (χ2n) is 9.96. The second-order valence-corrected chi connectivity index (χ2v) is 11.8. The van der Waals surface area contributed by atoms with Gasteiger partial charge in [-0.1, -0.05) is 86.6 Å². The average Bonchev–Trinajstić information content (AvgIpc) is 3.21. The van der Waals surface area contributed by atoms with E-state index in [0.29, 0.717) is 11.6 Å². The number of benzene rings is 4. The van der Waals surface area contributed by atoms with Gasteiger partial charge in [-0.15, -0.1) is 0 Å². The fraction of sp³-hybridized carbons (Fsp3) is 0.226. The van der Waals surface area contributed by atoms with Gasteiger partial charge in [0.25, 0.3) is 5.91 Å². The van der Waals surface area contributed by atoms with Crippen LogP contribution in [-0.2, 0) is 19.6 Å². The van der Waals surface area contributed by atoms with Crippen molar-refractivity contribution >= 4 is 38.3 Å². The van der Waals surface area contributed by atoms with Crippen LogP contribution in [0.5, 0.6) is 0 Å². The van der Waals surface area contributed by atoms with Crippen LogP contribution >= 0.6 is 0 Å². The van der Waals surface area contributed by atoms with E-state index in [9.17, 15) is 18.0 Å². The summed E-state index contributed by atoms with van der Waals surface area (Å²) in [5.41, 5.74) is 2.27. The largest absolute Gasteiger partial charge is 0.274 e. The Bertz CT molecular complexity index is 1600. The SMILES string of the molecule is CC(C)c1ccc(N2C(=O)CC(N(C(C)c3ccccc3)S(=O)(=O)c3ccc4ccccc4c3)C2=O)cc1. The number of sulfonamides is 1. The molecule has 0 N–H and O–H groups in total. The van der Waals surface area contributed by atoms with Gasteiger partial charge in [-0.25, -0.2) is 13.3 Å². The molecule has 7 heteroatoms. The Kier molecular flexibility index (Phi) is 6.90. The van der Waals surface area contributed by atoms with Crippen molar-refractivity contribution in [3.05, 3.63) is 108 Å². The Morgan fingerprint density at radius 1 is 0.763 bits per heavy atom. The third-order valence-electron chi connectivity index (χ3n) is 7.21. The first-order valence-electron chi connectivity index (χ1n) is 12.7. The minimum absolute atomic E-state index is 0.0824. The number of hydrogen-bond acceptors (Lipinski definition) is 4. The number of amides is 2. The van der Waals surface area contributed by atoms with E-state index in [0.717, 1.165) is 26.8 Å². The predicted molar refractivity (Wildman–Crippen MR) is 149 cm³/mol. The van der Waals surface area contributed by atoms with Gasteiger partial charge in [0.05, 0.1) is 17.0 Å². The molecule has 0 bridgehead atoms. The van der Waals surface area contributed by atoms with Gasteiger partial charge in [0, 0.05) is 6.04 Å². The van der Waals surface area contributed by atoms with Crippen LogP contribution in [0.4, 0.5) is 5.69 Å². The molecule has 194 valence electrons. The second kappa shape index (κ2) is 10.2. The molecule has 1 saturated heterocycles. The van der Waals surface area contributed by atoms with Gasteiger partial charge >= 0.3 is 0 Å². The fourth-order valence-corrected chi connectivity index (χ4v) is 6.87. The quantitative estimate of drug-likeness (QED) is 0.275. The van der Waals surface area contributed by atoms with Gasteiger partial charge in [-0.3, -0.25) is 9.59 Å². The third kappa shape index (κ3) is 4.64. The zero-order chi connectivity index (χ0) is 27.0. The Labute approximate surface area is 223 Å². The van der Waals surface area contributed by atoms with Crippen molar-refractivity contribution in [2.45, 2.75) is 50.1 Å². The Morgan fingerprint density at radius 2 is 1.39 bits per heavy atom. The molecule has 4 aromatic carbocycles. The summed E-state index contributed by atoms with van der Waals surface area (Å²) in [4.78, 5) is 28.2. The normalized spacial score (nSPS) is 17.1. The molecule has 2 atom stereocenters. The summed E-state index contributed by atoms with van der Waals surface area (Å²) >= 11 is 0. The molecule has 5 rings (SSSR count). The number of imide groups is 1. The van der Waals surface area contributed by atoms with E-state index >= 15 is 0 Å². The van der Waals surface area contributed by atoms with Crippen molar-refractivity contribution in [1.82, 2.24) is 4.31 Å². The van der Waals surface area contributed by atoms with Crippen LogP contribution in [0.2, 0.25) is 0 Å². The lowest BCUT2D eigenvalue weighted by atomic mass is 10.0. The highest BCUT2D eigenvalue weighted by atomic mass is 32.2. The van der Waals surface area contributed by atoms with Crippen LogP contribution in [0.25, 0.3) is 10.8 Å². The predicted octanol–water partition coefficient (Wildman–Crippen LogP) is 6.05. The molecule has 0 spiro atoms. The van der Waals surface area contributed by atoms with E-state index in [2.05, 4.69) is 13.8 Å². The molecule has 4 aromatic rings. The number of hydrogen-bond donors (Lipinski definition) is 0. The molecule has 1 fully saturated rings. The monoisotopic (exact) mass is 526 g/mol. The fourth-order valence-electron chi connectivity index (χ4n) is 5.07. The summed E-state index contributed by atoms with van der Waals surface area (Å²) in [5, 5.41) is 1.69. The van der Waals surface area contributed by atoms with Gasteiger partial charge < -0.3 is 0 Å². The van der Waals surface area contributed by atoms with E-state index in [4.69, 9.17) is 0 Å².